The Morgan fingerprint density at radius 2 is 1.84 bits per heavy atom. The second-order valence-corrected chi connectivity index (χ2v) is 6.44. The van der Waals surface area contributed by atoms with Crippen molar-refractivity contribution in [3.05, 3.63) is 83.2 Å². The van der Waals surface area contributed by atoms with E-state index in [9.17, 15) is 9.50 Å². The van der Waals surface area contributed by atoms with E-state index in [2.05, 4.69) is 15.3 Å². The Morgan fingerprint density at radius 3 is 2.60 bits per heavy atom. The number of pyridine rings is 1. The van der Waals surface area contributed by atoms with Gasteiger partial charge in [0.15, 0.2) is 5.13 Å². The second-order valence-electron chi connectivity index (χ2n) is 5.54. The largest absolute Gasteiger partial charge is 0.505 e. The number of nitrogens with one attached hydrogen (secondary N) is 1. The molecule has 4 nitrogen and oxygen atoms in total. The number of thiazole rings is 1. The van der Waals surface area contributed by atoms with Crippen molar-refractivity contribution in [3.8, 4) is 5.75 Å². The van der Waals surface area contributed by atoms with Gasteiger partial charge in [0, 0.05) is 28.7 Å². The number of halogens is 1. The molecule has 0 aliphatic rings. The van der Waals surface area contributed by atoms with E-state index < -0.39 is 0 Å². The van der Waals surface area contributed by atoms with Crippen LogP contribution in [-0.2, 0) is 0 Å². The van der Waals surface area contributed by atoms with Crippen LogP contribution in [0.5, 0.6) is 5.75 Å². The van der Waals surface area contributed by atoms with Crippen LogP contribution in [0.1, 0.15) is 17.2 Å². The first kappa shape index (κ1) is 15.5. The van der Waals surface area contributed by atoms with Gasteiger partial charge < -0.3 is 10.4 Å². The molecule has 2 aromatic carbocycles. The molecular formula is C19H14FN3OS. The first-order chi connectivity index (χ1) is 12.2. The van der Waals surface area contributed by atoms with Gasteiger partial charge in [-0.2, -0.15) is 0 Å². The number of nitrogens with zero attached hydrogens (tertiary/aromatic N) is 2. The van der Waals surface area contributed by atoms with Crippen LogP contribution in [0, 0.1) is 5.82 Å². The zero-order chi connectivity index (χ0) is 17.2. The molecule has 0 unspecified atom stereocenters. The molecule has 0 amide bonds. The highest BCUT2D eigenvalue weighted by Gasteiger charge is 2.20. The van der Waals surface area contributed by atoms with Crippen LogP contribution >= 0.6 is 11.3 Å². The summed E-state index contributed by atoms with van der Waals surface area (Å²) in [6.45, 7) is 0. The molecule has 4 rings (SSSR count). The van der Waals surface area contributed by atoms with E-state index in [1.165, 1.54) is 23.5 Å². The van der Waals surface area contributed by atoms with Gasteiger partial charge in [0.2, 0.25) is 0 Å². The summed E-state index contributed by atoms with van der Waals surface area (Å²) in [4.78, 5) is 8.53. The van der Waals surface area contributed by atoms with Crippen molar-refractivity contribution in [3.63, 3.8) is 0 Å². The zero-order valence-electron chi connectivity index (χ0n) is 13.1. The summed E-state index contributed by atoms with van der Waals surface area (Å²) in [5.41, 5.74) is 2.02. The highest BCUT2D eigenvalue weighted by atomic mass is 32.1. The fourth-order valence-corrected chi connectivity index (χ4v) is 3.35. The highest BCUT2D eigenvalue weighted by molar-refractivity contribution is 7.13. The summed E-state index contributed by atoms with van der Waals surface area (Å²) in [5, 5.41) is 17.5. The molecule has 4 aromatic rings. The maximum atomic E-state index is 13.3. The van der Waals surface area contributed by atoms with E-state index in [-0.39, 0.29) is 17.6 Å². The predicted octanol–water partition coefficient (Wildman–Crippen LogP) is 4.74. The number of hydrogen-bond donors (Lipinski definition) is 2. The number of aromatic hydroxyl groups is 1. The molecule has 2 aromatic heterocycles. The first-order valence-corrected chi connectivity index (χ1v) is 8.58. The van der Waals surface area contributed by atoms with E-state index in [1.807, 2.05) is 29.6 Å². The standard InChI is InChI=1S/C19H14FN3OS/c20-14-6-3-13(4-7-14)16(23-19-22-10-11-25-19)15-8-5-12-2-1-9-21-17(12)18(15)24/h1-11,16,24H,(H,22,23)/t16-/m1/s1. The normalized spacial score (nSPS) is 12.2. The molecule has 0 saturated heterocycles. The number of anilines is 1. The molecule has 2 N–H and O–H groups in total. The van der Waals surface area contributed by atoms with Gasteiger partial charge in [0.05, 0.1) is 6.04 Å². The van der Waals surface area contributed by atoms with Crippen LogP contribution in [0.4, 0.5) is 9.52 Å². The van der Waals surface area contributed by atoms with Crippen molar-refractivity contribution >= 4 is 27.4 Å². The summed E-state index contributed by atoms with van der Waals surface area (Å²) < 4.78 is 13.3. The van der Waals surface area contributed by atoms with Crippen molar-refractivity contribution in [2.75, 3.05) is 5.32 Å². The Morgan fingerprint density at radius 1 is 1.00 bits per heavy atom. The third kappa shape index (κ3) is 3.04. The van der Waals surface area contributed by atoms with Crippen molar-refractivity contribution in [1.29, 1.82) is 0 Å². The van der Waals surface area contributed by atoms with Gasteiger partial charge in [-0.25, -0.2) is 9.37 Å². The van der Waals surface area contributed by atoms with Crippen LogP contribution in [0.25, 0.3) is 10.9 Å². The average Bonchev–Trinajstić information content (AvgIpc) is 3.15. The smallest absolute Gasteiger partial charge is 0.183 e. The summed E-state index contributed by atoms with van der Waals surface area (Å²) in [7, 11) is 0. The van der Waals surface area contributed by atoms with Crippen LogP contribution in [0.15, 0.2) is 66.3 Å². The molecule has 0 spiro atoms. The number of hydrogen-bond acceptors (Lipinski definition) is 5. The van der Waals surface area contributed by atoms with Gasteiger partial charge in [0.1, 0.15) is 17.1 Å². The van der Waals surface area contributed by atoms with Crippen LogP contribution in [-0.4, -0.2) is 15.1 Å². The van der Waals surface area contributed by atoms with Gasteiger partial charge in [-0.1, -0.05) is 30.3 Å². The van der Waals surface area contributed by atoms with Crippen LogP contribution in [0.2, 0.25) is 0 Å². The van der Waals surface area contributed by atoms with Gasteiger partial charge in [-0.15, -0.1) is 11.3 Å². The SMILES string of the molecule is Oc1c([C@H](Nc2nccs2)c2ccc(F)cc2)ccc2cccnc12. The molecule has 124 valence electrons. The molecule has 0 aliphatic heterocycles. The quantitative estimate of drug-likeness (QED) is 0.558. The molecule has 0 saturated carbocycles. The molecule has 2 heterocycles. The summed E-state index contributed by atoms with van der Waals surface area (Å²) in [6.07, 6.45) is 3.35. The zero-order valence-corrected chi connectivity index (χ0v) is 13.9. The van der Waals surface area contributed by atoms with E-state index in [0.717, 1.165) is 16.1 Å². The van der Waals surface area contributed by atoms with Gasteiger partial charge >= 0.3 is 0 Å². The van der Waals surface area contributed by atoms with E-state index in [1.54, 1.807) is 24.5 Å². The van der Waals surface area contributed by atoms with E-state index in [0.29, 0.717) is 11.1 Å². The minimum absolute atomic E-state index is 0.108. The minimum atomic E-state index is -0.377. The molecule has 6 heteroatoms. The fourth-order valence-electron chi connectivity index (χ4n) is 2.79. The molecule has 1 atom stereocenters. The molecule has 0 aliphatic carbocycles. The number of aromatic nitrogens is 2. The molecular weight excluding hydrogens is 337 g/mol. The Kier molecular flexibility index (Phi) is 4.03. The Balaban J connectivity index is 1.85. The molecule has 0 fully saturated rings. The average molecular weight is 351 g/mol. The second kappa shape index (κ2) is 6.49. The maximum Gasteiger partial charge on any atom is 0.183 e. The monoisotopic (exact) mass is 351 g/mol. The van der Waals surface area contributed by atoms with Crippen molar-refractivity contribution in [2.24, 2.45) is 0 Å². The summed E-state index contributed by atoms with van der Waals surface area (Å²) in [5.74, 6) is -0.197. The Labute approximate surface area is 147 Å². The van der Waals surface area contributed by atoms with E-state index >= 15 is 0 Å². The minimum Gasteiger partial charge on any atom is -0.505 e. The third-order valence-electron chi connectivity index (χ3n) is 3.99. The lowest BCUT2D eigenvalue weighted by atomic mass is 9.96. The third-order valence-corrected chi connectivity index (χ3v) is 4.70. The summed E-state index contributed by atoms with van der Waals surface area (Å²) >= 11 is 1.46. The molecule has 0 radical (unpaired) electrons. The number of phenols is 1. The lowest BCUT2D eigenvalue weighted by molar-refractivity contribution is 0.471. The van der Waals surface area contributed by atoms with Gasteiger partial charge in [-0.05, 0) is 23.8 Å². The van der Waals surface area contributed by atoms with Gasteiger partial charge in [-0.3, -0.25) is 4.98 Å². The van der Waals surface area contributed by atoms with Crippen LogP contribution in [0.3, 0.4) is 0 Å². The topological polar surface area (TPSA) is 58.0 Å². The Bertz CT molecular complexity index is 1000. The van der Waals surface area contributed by atoms with Gasteiger partial charge in [0.25, 0.3) is 0 Å². The number of fused-ring (bicyclic) bond motifs is 1. The predicted molar refractivity (Wildman–Crippen MR) is 97.4 cm³/mol. The number of rotatable bonds is 4. The maximum absolute atomic E-state index is 13.3. The molecule has 0 bridgehead atoms. The Hall–Kier alpha value is -2.99. The molecule has 25 heavy (non-hydrogen) atoms. The van der Waals surface area contributed by atoms with Crippen molar-refractivity contribution in [1.82, 2.24) is 9.97 Å². The number of phenolic OH excluding ortho intramolecular Hbond substituents is 1. The highest BCUT2D eigenvalue weighted by Crippen LogP contribution is 2.36. The van der Waals surface area contributed by atoms with E-state index in [4.69, 9.17) is 0 Å². The number of benzene rings is 2. The lowest BCUT2D eigenvalue weighted by Crippen LogP contribution is -2.12. The first-order valence-electron chi connectivity index (χ1n) is 7.70. The van der Waals surface area contributed by atoms with Crippen molar-refractivity contribution in [2.45, 2.75) is 6.04 Å². The fraction of sp³-hybridized carbons (Fsp3) is 0.0526. The lowest BCUT2D eigenvalue weighted by Gasteiger charge is -2.21. The van der Waals surface area contributed by atoms with Crippen LogP contribution < -0.4 is 5.32 Å². The van der Waals surface area contributed by atoms with Crippen molar-refractivity contribution < 1.29 is 9.50 Å². The summed E-state index contributed by atoms with van der Waals surface area (Å²) in [6, 6.07) is 13.3.